The van der Waals surface area contributed by atoms with Gasteiger partial charge in [0.25, 0.3) is 0 Å². The average Bonchev–Trinajstić information content (AvgIpc) is 2.50. The smallest absolute Gasteiger partial charge is 0.232 e. The van der Waals surface area contributed by atoms with Gasteiger partial charge >= 0.3 is 5.82 Å². The molecule has 0 fully saturated rings. The zero-order valence-corrected chi connectivity index (χ0v) is 16.6. The van der Waals surface area contributed by atoms with Gasteiger partial charge in [0.1, 0.15) is 6.20 Å². The quantitative estimate of drug-likeness (QED) is 0.586. The Hall–Kier alpha value is -2.22. The fourth-order valence-electron chi connectivity index (χ4n) is 3.54. The van der Waals surface area contributed by atoms with Crippen molar-refractivity contribution in [3.05, 3.63) is 58.8 Å². The van der Waals surface area contributed by atoms with Gasteiger partial charge in [0, 0.05) is 0 Å². The summed E-state index contributed by atoms with van der Waals surface area (Å²) in [7, 11) is 2.10. The Morgan fingerprint density at radius 3 is 2.44 bits per heavy atom. The first-order chi connectivity index (χ1) is 11.7. The van der Waals surface area contributed by atoms with Crippen LogP contribution in [0.1, 0.15) is 43.0 Å². The number of benzene rings is 2. The molecule has 130 valence electrons. The van der Waals surface area contributed by atoms with E-state index in [2.05, 4.69) is 89.7 Å². The molecule has 3 rings (SSSR count). The molecule has 0 saturated carbocycles. The number of fused-ring (bicyclic) bond motifs is 1. The van der Waals surface area contributed by atoms with Crippen molar-refractivity contribution < 1.29 is 4.57 Å². The number of aryl methyl sites for hydroxylation is 3. The highest BCUT2D eigenvalue weighted by Crippen LogP contribution is 2.28. The van der Waals surface area contributed by atoms with E-state index >= 15 is 0 Å². The van der Waals surface area contributed by atoms with E-state index in [-0.39, 0.29) is 5.41 Å². The second-order valence-corrected chi connectivity index (χ2v) is 8.52. The predicted molar refractivity (Wildman–Crippen MR) is 106 cm³/mol. The van der Waals surface area contributed by atoms with E-state index in [0.717, 1.165) is 17.8 Å². The topological polar surface area (TPSA) is 16.8 Å². The van der Waals surface area contributed by atoms with E-state index < -0.39 is 0 Å². The summed E-state index contributed by atoms with van der Waals surface area (Å²) in [6, 6.07) is 11.0. The molecule has 0 aliphatic heterocycles. The molecule has 0 atom stereocenters. The van der Waals surface area contributed by atoms with E-state index in [1.165, 1.54) is 33.2 Å². The average molecular weight is 333 g/mol. The Morgan fingerprint density at radius 1 is 1.04 bits per heavy atom. The highest BCUT2D eigenvalue weighted by atomic mass is 15.0. The summed E-state index contributed by atoms with van der Waals surface area (Å²) in [6.07, 6.45) is 3.30. The van der Waals surface area contributed by atoms with Gasteiger partial charge in [0.05, 0.1) is 18.0 Å². The van der Waals surface area contributed by atoms with Crippen molar-refractivity contribution in [3.63, 3.8) is 0 Å². The highest BCUT2D eigenvalue weighted by Gasteiger charge is 2.21. The first-order valence-corrected chi connectivity index (χ1v) is 9.02. The van der Waals surface area contributed by atoms with Crippen LogP contribution >= 0.6 is 0 Å². The Bertz CT molecular complexity index is 946. The zero-order chi connectivity index (χ0) is 18.4. The van der Waals surface area contributed by atoms with Crippen LogP contribution in [0.15, 0.2) is 36.5 Å². The lowest BCUT2D eigenvalue weighted by Gasteiger charge is -2.18. The lowest BCUT2D eigenvalue weighted by Crippen LogP contribution is -2.32. The summed E-state index contributed by atoms with van der Waals surface area (Å²) in [5.74, 6) is 1.03. The predicted octanol–water partition coefficient (Wildman–Crippen LogP) is 5.24. The van der Waals surface area contributed by atoms with Crippen LogP contribution in [0.3, 0.4) is 0 Å². The highest BCUT2D eigenvalue weighted by molar-refractivity contribution is 5.82. The molecule has 0 N–H and O–H groups in total. The molecule has 0 bridgehead atoms. The summed E-state index contributed by atoms with van der Waals surface area (Å²) in [5, 5.41) is 1.26. The SMILES string of the molecule is Cc1cc(C)c(C)c(-c2nc3cccc(CC(C)(C)C)c3c[n+]2C)c1. The van der Waals surface area contributed by atoms with Gasteiger partial charge in [0.2, 0.25) is 0 Å². The molecule has 0 aliphatic carbocycles. The minimum Gasteiger partial charge on any atom is -0.232 e. The molecule has 1 aromatic heterocycles. The summed E-state index contributed by atoms with van der Waals surface area (Å²) in [5.41, 5.74) is 7.84. The molecule has 0 aliphatic rings. The number of hydrogen-bond acceptors (Lipinski definition) is 1. The lowest BCUT2D eigenvalue weighted by molar-refractivity contribution is -0.661. The molecule has 0 saturated heterocycles. The van der Waals surface area contributed by atoms with Gasteiger partial charge < -0.3 is 0 Å². The molecule has 3 aromatic rings. The number of aromatic nitrogens is 2. The van der Waals surface area contributed by atoms with E-state index in [1.54, 1.807) is 0 Å². The maximum absolute atomic E-state index is 5.04. The van der Waals surface area contributed by atoms with Gasteiger partial charge in [-0.25, -0.2) is 4.57 Å². The molecule has 2 nitrogen and oxygen atoms in total. The largest absolute Gasteiger partial charge is 0.331 e. The molecule has 25 heavy (non-hydrogen) atoms. The fraction of sp³-hybridized carbons (Fsp3) is 0.391. The van der Waals surface area contributed by atoms with Crippen molar-refractivity contribution in [1.29, 1.82) is 0 Å². The Morgan fingerprint density at radius 2 is 1.76 bits per heavy atom. The Labute approximate surface area is 151 Å². The van der Waals surface area contributed by atoms with Gasteiger partial charge in [-0.05, 0) is 72.0 Å². The standard InChI is InChI=1S/C23H29N2/c1-15-11-16(2)17(3)19(12-15)22-24-21-10-8-9-18(13-23(4,5)6)20(21)14-25(22)7/h8-12,14H,13H2,1-7H3/q+1. The van der Waals surface area contributed by atoms with Crippen LogP contribution in [0.25, 0.3) is 22.3 Å². The first kappa shape index (κ1) is 17.6. The minimum atomic E-state index is 0.260. The van der Waals surface area contributed by atoms with E-state index in [1.807, 2.05) is 0 Å². The summed E-state index contributed by atoms with van der Waals surface area (Å²) >= 11 is 0. The van der Waals surface area contributed by atoms with Gasteiger partial charge in [0.15, 0.2) is 5.52 Å². The van der Waals surface area contributed by atoms with Crippen molar-refractivity contribution in [2.75, 3.05) is 0 Å². The second kappa shape index (κ2) is 6.25. The van der Waals surface area contributed by atoms with Crippen LogP contribution < -0.4 is 4.57 Å². The van der Waals surface area contributed by atoms with Crippen molar-refractivity contribution in [2.24, 2.45) is 12.5 Å². The Kier molecular flexibility index (Phi) is 4.40. The molecule has 1 heterocycles. The van der Waals surface area contributed by atoms with Crippen LogP contribution in [0, 0.1) is 26.2 Å². The van der Waals surface area contributed by atoms with Crippen LogP contribution in [0.4, 0.5) is 0 Å². The van der Waals surface area contributed by atoms with Crippen LogP contribution in [0.2, 0.25) is 0 Å². The van der Waals surface area contributed by atoms with Gasteiger partial charge in [-0.15, -0.1) is 0 Å². The monoisotopic (exact) mass is 333 g/mol. The lowest BCUT2D eigenvalue weighted by atomic mass is 9.87. The molecule has 0 amide bonds. The van der Waals surface area contributed by atoms with E-state index in [0.29, 0.717) is 0 Å². The van der Waals surface area contributed by atoms with Gasteiger partial charge in [-0.3, -0.25) is 0 Å². The van der Waals surface area contributed by atoms with Gasteiger partial charge in [-0.1, -0.05) is 39.0 Å². The fourth-order valence-corrected chi connectivity index (χ4v) is 3.54. The molecule has 0 spiro atoms. The number of rotatable bonds is 2. The first-order valence-electron chi connectivity index (χ1n) is 9.02. The Balaban J connectivity index is 2.22. The summed E-state index contributed by atoms with van der Waals surface area (Å²) in [4.78, 5) is 5.04. The van der Waals surface area contributed by atoms with Crippen LogP contribution in [0.5, 0.6) is 0 Å². The van der Waals surface area contributed by atoms with Gasteiger partial charge in [-0.2, -0.15) is 0 Å². The second-order valence-electron chi connectivity index (χ2n) is 8.52. The van der Waals surface area contributed by atoms with Crippen molar-refractivity contribution in [2.45, 2.75) is 48.0 Å². The van der Waals surface area contributed by atoms with Crippen molar-refractivity contribution >= 4 is 10.9 Å². The maximum atomic E-state index is 5.04. The number of hydrogen-bond donors (Lipinski definition) is 0. The third kappa shape index (κ3) is 3.58. The normalized spacial score (nSPS) is 12.0. The van der Waals surface area contributed by atoms with Crippen molar-refractivity contribution in [3.8, 4) is 11.4 Å². The molecule has 2 aromatic carbocycles. The molecule has 2 heteroatoms. The number of nitrogens with zero attached hydrogens (tertiary/aromatic N) is 2. The van der Waals surface area contributed by atoms with Crippen LogP contribution in [-0.2, 0) is 13.5 Å². The van der Waals surface area contributed by atoms with E-state index in [9.17, 15) is 0 Å². The molecular formula is C23H29N2+. The molecule has 0 radical (unpaired) electrons. The molecule has 0 unspecified atom stereocenters. The van der Waals surface area contributed by atoms with E-state index in [4.69, 9.17) is 4.98 Å². The zero-order valence-electron chi connectivity index (χ0n) is 16.6. The minimum absolute atomic E-state index is 0.260. The van der Waals surface area contributed by atoms with Crippen molar-refractivity contribution in [1.82, 2.24) is 4.98 Å². The van der Waals surface area contributed by atoms with Crippen LogP contribution in [-0.4, -0.2) is 4.98 Å². The third-order valence-electron chi connectivity index (χ3n) is 4.83. The third-order valence-corrected chi connectivity index (χ3v) is 4.83. The molecular weight excluding hydrogens is 304 g/mol. The summed E-state index contributed by atoms with van der Waals surface area (Å²) < 4.78 is 2.18. The summed E-state index contributed by atoms with van der Waals surface area (Å²) in [6.45, 7) is 13.4. The maximum Gasteiger partial charge on any atom is 0.331 e.